The first-order chi connectivity index (χ1) is 8.92. The van der Waals surface area contributed by atoms with Crippen LogP contribution in [0.15, 0.2) is 12.2 Å². The van der Waals surface area contributed by atoms with Crippen molar-refractivity contribution in [1.82, 2.24) is 0 Å². The van der Waals surface area contributed by atoms with Crippen LogP contribution in [0.2, 0.25) is 0 Å². The smallest absolute Gasteiger partial charge is 0.348 e. The molecule has 0 amide bonds. The molecule has 0 fully saturated rings. The van der Waals surface area contributed by atoms with Crippen LogP contribution in [-0.4, -0.2) is 37.2 Å². The number of terminal acetylenes is 1. The van der Waals surface area contributed by atoms with E-state index in [2.05, 4.69) is 17.2 Å². The molecular weight excluding hydrogens is 252 g/mol. The molecule has 0 aromatic rings. The van der Waals surface area contributed by atoms with Crippen LogP contribution in [0.4, 0.5) is 0 Å². The van der Waals surface area contributed by atoms with E-state index in [-0.39, 0.29) is 18.8 Å². The van der Waals surface area contributed by atoms with Crippen molar-refractivity contribution in [2.24, 2.45) is 0 Å². The van der Waals surface area contributed by atoms with Gasteiger partial charge in [-0.3, -0.25) is 4.79 Å². The van der Waals surface area contributed by atoms with Crippen molar-refractivity contribution >= 4 is 17.9 Å². The van der Waals surface area contributed by atoms with Crippen molar-refractivity contribution in [1.29, 1.82) is 0 Å². The summed E-state index contributed by atoms with van der Waals surface area (Å²) in [6.45, 7) is 6.26. The van der Waals surface area contributed by atoms with Gasteiger partial charge in [-0.05, 0) is 13.8 Å². The van der Waals surface area contributed by atoms with Crippen molar-refractivity contribution in [3.8, 4) is 12.3 Å². The molecule has 0 aromatic carbocycles. The molecule has 6 heteroatoms. The number of rotatable bonds is 7. The highest BCUT2D eigenvalue weighted by Crippen LogP contribution is 2.07. The Bertz CT molecular complexity index is 404. The van der Waals surface area contributed by atoms with E-state index in [0.29, 0.717) is 0 Å². The minimum Gasteiger partial charge on any atom is -0.463 e. The van der Waals surface area contributed by atoms with Crippen LogP contribution in [0.3, 0.4) is 0 Å². The molecular formula is C13H16O6. The quantitative estimate of drug-likeness (QED) is 0.291. The second-order valence-electron chi connectivity index (χ2n) is 3.50. The molecule has 0 aliphatic rings. The molecule has 0 aliphatic carbocycles. The lowest BCUT2D eigenvalue weighted by molar-refractivity contribution is -0.169. The van der Waals surface area contributed by atoms with Gasteiger partial charge in [-0.25, -0.2) is 9.59 Å². The molecule has 0 radical (unpaired) electrons. The van der Waals surface area contributed by atoms with Crippen molar-refractivity contribution in [2.45, 2.75) is 26.4 Å². The Morgan fingerprint density at radius 3 is 2.42 bits per heavy atom. The van der Waals surface area contributed by atoms with Gasteiger partial charge in [0.25, 0.3) is 0 Å². The van der Waals surface area contributed by atoms with E-state index >= 15 is 0 Å². The van der Waals surface area contributed by atoms with Crippen LogP contribution in [0.5, 0.6) is 0 Å². The summed E-state index contributed by atoms with van der Waals surface area (Å²) in [7, 11) is 0. The van der Waals surface area contributed by atoms with Gasteiger partial charge in [0.1, 0.15) is 0 Å². The topological polar surface area (TPSA) is 78.9 Å². The Hall–Kier alpha value is -2.29. The van der Waals surface area contributed by atoms with E-state index < -0.39 is 30.4 Å². The Labute approximate surface area is 111 Å². The summed E-state index contributed by atoms with van der Waals surface area (Å²) >= 11 is 0. The third kappa shape index (κ3) is 6.88. The molecule has 0 rings (SSSR count). The maximum atomic E-state index is 11.5. The fourth-order valence-corrected chi connectivity index (χ4v) is 0.971. The lowest BCUT2D eigenvalue weighted by Crippen LogP contribution is -2.32. The predicted molar refractivity (Wildman–Crippen MR) is 65.7 cm³/mol. The Morgan fingerprint density at radius 1 is 1.32 bits per heavy atom. The van der Waals surface area contributed by atoms with Crippen molar-refractivity contribution < 1.29 is 28.6 Å². The lowest BCUT2D eigenvalue weighted by atomic mass is 10.2. The molecule has 19 heavy (non-hydrogen) atoms. The zero-order valence-corrected chi connectivity index (χ0v) is 10.9. The van der Waals surface area contributed by atoms with Crippen LogP contribution < -0.4 is 0 Å². The van der Waals surface area contributed by atoms with E-state index in [9.17, 15) is 14.4 Å². The maximum absolute atomic E-state index is 11.5. The SMILES string of the molecule is C#CCOC(=O)CC(OC(=O)C(=C)C)C(=O)OCC. The minimum atomic E-state index is -1.37. The van der Waals surface area contributed by atoms with E-state index in [1.807, 2.05) is 0 Å². The molecule has 0 N–H and O–H groups in total. The van der Waals surface area contributed by atoms with Crippen LogP contribution >= 0.6 is 0 Å². The zero-order chi connectivity index (χ0) is 14.8. The Kier molecular flexibility index (Phi) is 7.70. The fourth-order valence-electron chi connectivity index (χ4n) is 0.971. The lowest BCUT2D eigenvalue weighted by Gasteiger charge is -2.15. The monoisotopic (exact) mass is 268 g/mol. The minimum absolute atomic E-state index is 0.0966. The summed E-state index contributed by atoms with van der Waals surface area (Å²) in [6.07, 6.45) is 3.09. The Morgan fingerprint density at radius 2 is 1.95 bits per heavy atom. The first kappa shape index (κ1) is 16.7. The zero-order valence-electron chi connectivity index (χ0n) is 10.9. The highest BCUT2D eigenvalue weighted by Gasteiger charge is 2.28. The predicted octanol–water partition coefficient (Wildman–Crippen LogP) is 0.604. The fraction of sp³-hybridized carbons (Fsp3) is 0.462. The van der Waals surface area contributed by atoms with Gasteiger partial charge in [0.05, 0.1) is 13.0 Å². The number of ether oxygens (including phenoxy) is 3. The molecule has 0 bridgehead atoms. The summed E-state index contributed by atoms with van der Waals surface area (Å²) in [4.78, 5) is 34.2. The molecule has 1 unspecified atom stereocenters. The van der Waals surface area contributed by atoms with Gasteiger partial charge in [0.2, 0.25) is 6.10 Å². The average molecular weight is 268 g/mol. The van der Waals surface area contributed by atoms with Gasteiger partial charge in [-0.1, -0.05) is 12.5 Å². The van der Waals surface area contributed by atoms with Gasteiger partial charge < -0.3 is 14.2 Å². The molecule has 0 aromatic heterocycles. The van der Waals surface area contributed by atoms with Gasteiger partial charge in [-0.15, -0.1) is 6.42 Å². The number of carbonyl (C=O) groups excluding carboxylic acids is 3. The van der Waals surface area contributed by atoms with Crippen LogP contribution in [0.25, 0.3) is 0 Å². The van der Waals surface area contributed by atoms with E-state index in [1.54, 1.807) is 6.92 Å². The number of hydrogen-bond acceptors (Lipinski definition) is 6. The van der Waals surface area contributed by atoms with Gasteiger partial charge >= 0.3 is 17.9 Å². The second kappa shape index (κ2) is 8.75. The Balaban J connectivity index is 4.63. The number of esters is 3. The van der Waals surface area contributed by atoms with E-state index in [1.165, 1.54) is 6.92 Å². The molecule has 0 heterocycles. The van der Waals surface area contributed by atoms with E-state index in [4.69, 9.17) is 15.9 Å². The standard InChI is InChI=1S/C13H16O6/c1-5-7-18-11(14)8-10(13(16)17-6-2)19-12(15)9(3)4/h1,10H,3,6-8H2,2,4H3. The van der Waals surface area contributed by atoms with Crippen LogP contribution in [-0.2, 0) is 28.6 Å². The summed E-state index contributed by atoms with van der Waals surface area (Å²) in [5, 5.41) is 0. The van der Waals surface area contributed by atoms with Gasteiger partial charge in [0, 0.05) is 5.57 Å². The first-order valence-electron chi connectivity index (χ1n) is 5.54. The van der Waals surface area contributed by atoms with Crippen LogP contribution in [0.1, 0.15) is 20.3 Å². The summed E-state index contributed by atoms with van der Waals surface area (Å²) in [5.41, 5.74) is 0.103. The third-order valence-electron chi connectivity index (χ3n) is 1.82. The number of hydrogen-bond donors (Lipinski definition) is 0. The largest absolute Gasteiger partial charge is 0.463 e. The summed E-state index contributed by atoms with van der Waals surface area (Å²) in [5.74, 6) is -0.268. The van der Waals surface area contributed by atoms with Crippen molar-refractivity contribution in [3.63, 3.8) is 0 Å². The van der Waals surface area contributed by atoms with Crippen LogP contribution in [0, 0.1) is 12.3 Å². The summed E-state index contributed by atoms with van der Waals surface area (Å²) in [6, 6.07) is 0. The molecule has 104 valence electrons. The van der Waals surface area contributed by atoms with E-state index in [0.717, 1.165) is 0 Å². The average Bonchev–Trinajstić information content (AvgIpc) is 2.35. The molecule has 0 saturated heterocycles. The second-order valence-corrected chi connectivity index (χ2v) is 3.50. The maximum Gasteiger partial charge on any atom is 0.348 e. The first-order valence-corrected chi connectivity index (χ1v) is 5.54. The third-order valence-corrected chi connectivity index (χ3v) is 1.82. The molecule has 0 spiro atoms. The van der Waals surface area contributed by atoms with Gasteiger partial charge in [-0.2, -0.15) is 0 Å². The number of carbonyl (C=O) groups is 3. The highest BCUT2D eigenvalue weighted by atomic mass is 16.6. The normalized spacial score (nSPS) is 10.8. The summed E-state index contributed by atoms with van der Waals surface area (Å²) < 4.78 is 14.1. The molecule has 0 saturated carbocycles. The van der Waals surface area contributed by atoms with Gasteiger partial charge in [0.15, 0.2) is 6.61 Å². The molecule has 0 aliphatic heterocycles. The van der Waals surface area contributed by atoms with Crippen molar-refractivity contribution in [3.05, 3.63) is 12.2 Å². The molecule has 1 atom stereocenters. The highest BCUT2D eigenvalue weighted by molar-refractivity contribution is 5.90. The molecule has 6 nitrogen and oxygen atoms in total. The van der Waals surface area contributed by atoms with Crippen molar-refractivity contribution in [2.75, 3.05) is 13.2 Å².